The number of alkyl halides is 3. The van der Waals surface area contributed by atoms with Crippen LogP contribution in [0.15, 0.2) is 30.3 Å². The van der Waals surface area contributed by atoms with Crippen molar-refractivity contribution in [2.75, 3.05) is 0 Å². The van der Waals surface area contributed by atoms with Gasteiger partial charge in [-0.25, -0.2) is 0 Å². The molecule has 0 saturated carbocycles. The van der Waals surface area contributed by atoms with Crippen LogP contribution in [0, 0.1) is 10.1 Å². The van der Waals surface area contributed by atoms with Crippen LogP contribution in [-0.2, 0) is 12.8 Å². The molecule has 0 aliphatic carbocycles. The van der Waals surface area contributed by atoms with E-state index in [4.69, 9.17) is 33.0 Å². The van der Waals surface area contributed by atoms with Crippen molar-refractivity contribution in [2.24, 2.45) is 0 Å². The van der Waals surface area contributed by atoms with Gasteiger partial charge in [-0.3, -0.25) is 10.1 Å². The van der Waals surface area contributed by atoms with Crippen LogP contribution in [0.3, 0.4) is 0 Å². The molecular weight excluding hydrogens is 374 g/mol. The maximum atomic E-state index is 12.7. The van der Waals surface area contributed by atoms with Crippen molar-refractivity contribution in [3.63, 3.8) is 0 Å². The number of hydrogen-bond donors (Lipinski definition) is 1. The highest BCUT2D eigenvalue weighted by Crippen LogP contribution is 2.42. The quantitative estimate of drug-likeness (QED) is 0.583. The molecule has 0 spiro atoms. The maximum absolute atomic E-state index is 12.7. The van der Waals surface area contributed by atoms with E-state index in [1.165, 1.54) is 12.1 Å². The number of hydrogen-bond acceptors (Lipinski definition) is 4. The van der Waals surface area contributed by atoms with Gasteiger partial charge < -0.3 is 9.84 Å². The highest BCUT2D eigenvalue weighted by atomic mass is 35.5. The van der Waals surface area contributed by atoms with Crippen LogP contribution in [0.25, 0.3) is 0 Å². The van der Waals surface area contributed by atoms with E-state index in [2.05, 4.69) is 0 Å². The summed E-state index contributed by atoms with van der Waals surface area (Å²) in [4.78, 5) is 10.1. The second-order valence-corrected chi connectivity index (χ2v) is 5.39. The molecule has 2 rings (SSSR count). The zero-order valence-electron chi connectivity index (χ0n) is 11.6. The molecule has 2 aromatic rings. The van der Waals surface area contributed by atoms with Crippen LogP contribution in [0.1, 0.15) is 11.1 Å². The highest BCUT2D eigenvalue weighted by Gasteiger charge is 2.32. The Balaban J connectivity index is 2.40. The Morgan fingerprint density at radius 2 is 1.75 bits per heavy atom. The van der Waals surface area contributed by atoms with E-state index in [1.807, 2.05) is 0 Å². The minimum Gasteiger partial charge on any atom is -0.454 e. The summed E-state index contributed by atoms with van der Waals surface area (Å²) in [7, 11) is 0. The van der Waals surface area contributed by atoms with Crippen molar-refractivity contribution in [1.82, 2.24) is 0 Å². The standard InChI is InChI=1S/C14H8Cl2F3NO4/c15-10-4-8(14(17,18)19)5-11(16)13(10)24-9-1-2-12(20(22)23)7(3-9)6-21/h1-5,21H,6H2. The zero-order chi connectivity index (χ0) is 18.1. The Bertz CT molecular complexity index is 773. The molecule has 0 aliphatic rings. The second kappa shape index (κ2) is 6.84. The van der Waals surface area contributed by atoms with Crippen molar-refractivity contribution in [3.05, 3.63) is 61.6 Å². The normalized spacial score (nSPS) is 11.4. The average Bonchev–Trinajstić information content (AvgIpc) is 2.49. The van der Waals surface area contributed by atoms with Gasteiger partial charge in [0.2, 0.25) is 0 Å². The Hall–Kier alpha value is -2.03. The van der Waals surface area contributed by atoms with Gasteiger partial charge in [0.1, 0.15) is 5.75 Å². The number of ether oxygens (including phenoxy) is 1. The van der Waals surface area contributed by atoms with Crippen molar-refractivity contribution in [2.45, 2.75) is 12.8 Å². The van der Waals surface area contributed by atoms with E-state index in [0.717, 1.165) is 6.07 Å². The number of benzene rings is 2. The Kier molecular flexibility index (Phi) is 5.22. The lowest BCUT2D eigenvalue weighted by molar-refractivity contribution is -0.385. The topological polar surface area (TPSA) is 72.6 Å². The molecule has 128 valence electrons. The molecule has 0 amide bonds. The van der Waals surface area contributed by atoms with Crippen LogP contribution in [0.2, 0.25) is 10.0 Å². The summed E-state index contributed by atoms with van der Waals surface area (Å²) in [6, 6.07) is 4.78. The fraction of sp³-hybridized carbons (Fsp3) is 0.143. The number of nitrogens with zero attached hydrogens (tertiary/aromatic N) is 1. The van der Waals surface area contributed by atoms with E-state index in [0.29, 0.717) is 12.1 Å². The molecule has 0 heterocycles. The molecule has 0 aromatic heterocycles. The van der Waals surface area contributed by atoms with Crippen molar-refractivity contribution in [3.8, 4) is 11.5 Å². The summed E-state index contributed by atoms with van der Waals surface area (Å²) < 4.78 is 43.3. The van der Waals surface area contributed by atoms with Crippen LogP contribution >= 0.6 is 23.2 Å². The van der Waals surface area contributed by atoms with E-state index < -0.39 is 23.3 Å². The van der Waals surface area contributed by atoms with Gasteiger partial charge in [-0.05, 0) is 24.3 Å². The number of nitro groups is 1. The molecule has 0 saturated heterocycles. The first kappa shape index (κ1) is 18.3. The lowest BCUT2D eigenvalue weighted by Gasteiger charge is -2.13. The first-order chi connectivity index (χ1) is 11.1. The summed E-state index contributed by atoms with van der Waals surface area (Å²) >= 11 is 11.6. The molecule has 0 unspecified atom stereocenters. The Morgan fingerprint density at radius 1 is 1.17 bits per heavy atom. The molecule has 0 atom stereocenters. The predicted octanol–water partition coefficient (Wildman–Crippen LogP) is 5.21. The third-order valence-electron chi connectivity index (χ3n) is 2.96. The van der Waals surface area contributed by atoms with Gasteiger partial charge in [0.25, 0.3) is 5.69 Å². The number of aliphatic hydroxyl groups excluding tert-OH is 1. The van der Waals surface area contributed by atoms with Gasteiger partial charge in [0.15, 0.2) is 5.75 Å². The number of halogens is 5. The molecule has 0 aliphatic heterocycles. The Labute approximate surface area is 143 Å². The smallest absolute Gasteiger partial charge is 0.416 e. The summed E-state index contributed by atoms with van der Waals surface area (Å²) in [5.41, 5.74) is -1.39. The third kappa shape index (κ3) is 3.89. The highest BCUT2D eigenvalue weighted by molar-refractivity contribution is 6.37. The van der Waals surface area contributed by atoms with E-state index in [9.17, 15) is 23.3 Å². The monoisotopic (exact) mass is 381 g/mol. The predicted molar refractivity (Wildman–Crippen MR) is 80.6 cm³/mol. The number of rotatable bonds is 4. The van der Waals surface area contributed by atoms with Gasteiger partial charge in [-0.1, -0.05) is 23.2 Å². The molecule has 24 heavy (non-hydrogen) atoms. The number of nitro benzene ring substituents is 1. The SMILES string of the molecule is O=[N+]([O-])c1ccc(Oc2c(Cl)cc(C(F)(F)F)cc2Cl)cc1CO. The van der Waals surface area contributed by atoms with Gasteiger partial charge >= 0.3 is 6.18 Å². The minimum absolute atomic E-state index is 0.0215. The Morgan fingerprint density at radius 3 is 2.21 bits per heavy atom. The lowest BCUT2D eigenvalue weighted by Crippen LogP contribution is -2.05. The summed E-state index contributed by atoms with van der Waals surface area (Å²) in [5, 5.41) is 19.2. The molecule has 0 radical (unpaired) electrons. The maximum Gasteiger partial charge on any atom is 0.416 e. The van der Waals surface area contributed by atoms with Crippen LogP contribution < -0.4 is 4.74 Å². The van der Waals surface area contributed by atoms with E-state index >= 15 is 0 Å². The molecule has 5 nitrogen and oxygen atoms in total. The third-order valence-corrected chi connectivity index (χ3v) is 3.53. The molecule has 0 fully saturated rings. The van der Waals surface area contributed by atoms with Crippen LogP contribution in [0.5, 0.6) is 11.5 Å². The minimum atomic E-state index is -4.62. The number of aliphatic hydroxyl groups is 1. The average molecular weight is 382 g/mol. The van der Waals surface area contributed by atoms with E-state index in [-0.39, 0.29) is 32.8 Å². The zero-order valence-corrected chi connectivity index (χ0v) is 13.1. The molecule has 10 heteroatoms. The first-order valence-electron chi connectivity index (χ1n) is 6.25. The van der Waals surface area contributed by atoms with Gasteiger partial charge in [0, 0.05) is 6.07 Å². The molecule has 1 N–H and O–H groups in total. The fourth-order valence-corrected chi connectivity index (χ4v) is 2.43. The van der Waals surface area contributed by atoms with Gasteiger partial charge in [-0.15, -0.1) is 0 Å². The second-order valence-electron chi connectivity index (χ2n) is 4.57. The largest absolute Gasteiger partial charge is 0.454 e. The molecule has 2 aromatic carbocycles. The summed E-state index contributed by atoms with van der Waals surface area (Å²) in [6.07, 6.45) is -4.62. The fourth-order valence-electron chi connectivity index (χ4n) is 1.87. The molecular formula is C14H8Cl2F3NO4. The van der Waals surface area contributed by atoms with Crippen LogP contribution in [-0.4, -0.2) is 10.0 Å². The van der Waals surface area contributed by atoms with Crippen molar-refractivity contribution < 1.29 is 27.9 Å². The molecule has 0 bridgehead atoms. The first-order valence-corrected chi connectivity index (χ1v) is 7.01. The van der Waals surface area contributed by atoms with E-state index in [1.54, 1.807) is 0 Å². The van der Waals surface area contributed by atoms with Crippen molar-refractivity contribution >= 4 is 28.9 Å². The summed E-state index contributed by atoms with van der Waals surface area (Å²) in [5.74, 6) is -0.211. The van der Waals surface area contributed by atoms with Crippen LogP contribution in [0.4, 0.5) is 18.9 Å². The van der Waals surface area contributed by atoms with Gasteiger partial charge in [-0.2, -0.15) is 13.2 Å². The van der Waals surface area contributed by atoms with Crippen molar-refractivity contribution in [1.29, 1.82) is 0 Å². The summed E-state index contributed by atoms with van der Waals surface area (Å²) in [6.45, 7) is -0.623. The van der Waals surface area contributed by atoms with Gasteiger partial charge in [0.05, 0.1) is 32.7 Å². The lowest BCUT2D eigenvalue weighted by atomic mass is 10.1.